The second kappa shape index (κ2) is 4.25. The lowest BCUT2D eigenvalue weighted by molar-refractivity contribution is 0.0480. The minimum atomic E-state index is -0.212. The molecule has 0 spiro atoms. The van der Waals surface area contributed by atoms with Crippen molar-refractivity contribution in [1.29, 1.82) is 0 Å². The summed E-state index contributed by atoms with van der Waals surface area (Å²) < 4.78 is 10.2. The van der Waals surface area contributed by atoms with Crippen molar-refractivity contribution in [2.24, 2.45) is 5.90 Å². The summed E-state index contributed by atoms with van der Waals surface area (Å²) >= 11 is 0. The molecule has 1 atom stereocenters. The molecule has 1 heterocycles. The minimum absolute atomic E-state index is 0.212. The Labute approximate surface area is 71.2 Å². The Morgan fingerprint density at radius 1 is 1.58 bits per heavy atom. The highest BCUT2D eigenvalue weighted by molar-refractivity contribution is 5.08. The quantitative estimate of drug-likeness (QED) is 0.695. The molecule has 0 aliphatic rings. The van der Waals surface area contributed by atoms with Crippen LogP contribution in [0.3, 0.4) is 0 Å². The first kappa shape index (κ1) is 9.25. The van der Waals surface area contributed by atoms with Gasteiger partial charge in [0.2, 0.25) is 0 Å². The molecule has 1 rings (SSSR count). The number of ether oxygens (including phenoxy) is 1. The van der Waals surface area contributed by atoms with Gasteiger partial charge >= 0.3 is 0 Å². The van der Waals surface area contributed by atoms with Crippen LogP contribution >= 0.6 is 0 Å². The summed E-state index contributed by atoms with van der Waals surface area (Å²) in [5, 5.41) is 0. The highest BCUT2D eigenvalue weighted by Gasteiger charge is 2.09. The highest BCUT2D eigenvalue weighted by atomic mass is 16.6. The van der Waals surface area contributed by atoms with E-state index in [1.807, 2.05) is 19.1 Å². The van der Waals surface area contributed by atoms with E-state index in [9.17, 15) is 0 Å². The van der Waals surface area contributed by atoms with Crippen molar-refractivity contribution in [1.82, 2.24) is 0 Å². The standard InChI is InChI=1S/C8H13NO3/c1-6(12-9)8-4-3-7(11-8)5-10-2/h3-4,6H,5,9H2,1-2H3. The number of rotatable bonds is 4. The van der Waals surface area contributed by atoms with Crippen molar-refractivity contribution in [2.75, 3.05) is 7.11 Å². The zero-order chi connectivity index (χ0) is 8.97. The maximum absolute atomic E-state index is 5.35. The van der Waals surface area contributed by atoms with E-state index in [0.717, 1.165) is 5.76 Å². The van der Waals surface area contributed by atoms with E-state index in [1.165, 1.54) is 0 Å². The van der Waals surface area contributed by atoms with Crippen LogP contribution in [0.1, 0.15) is 24.5 Å². The van der Waals surface area contributed by atoms with Gasteiger partial charge in [0, 0.05) is 7.11 Å². The van der Waals surface area contributed by atoms with E-state index in [-0.39, 0.29) is 6.10 Å². The van der Waals surface area contributed by atoms with E-state index in [0.29, 0.717) is 12.4 Å². The van der Waals surface area contributed by atoms with Crippen molar-refractivity contribution in [3.8, 4) is 0 Å². The van der Waals surface area contributed by atoms with Crippen molar-refractivity contribution >= 4 is 0 Å². The van der Waals surface area contributed by atoms with Crippen LogP contribution in [0.15, 0.2) is 16.5 Å². The van der Waals surface area contributed by atoms with Gasteiger partial charge in [-0.1, -0.05) is 0 Å². The molecule has 1 aromatic heterocycles. The summed E-state index contributed by atoms with van der Waals surface area (Å²) in [4.78, 5) is 4.59. The Bertz CT molecular complexity index is 234. The molecule has 0 aliphatic heterocycles. The van der Waals surface area contributed by atoms with E-state index in [1.54, 1.807) is 7.11 Å². The molecule has 4 nitrogen and oxygen atoms in total. The molecule has 1 unspecified atom stereocenters. The first-order valence-corrected chi connectivity index (χ1v) is 3.71. The first-order valence-electron chi connectivity index (χ1n) is 3.71. The van der Waals surface area contributed by atoms with Gasteiger partial charge in [-0.2, -0.15) is 0 Å². The third-order valence-electron chi connectivity index (χ3n) is 1.57. The first-order chi connectivity index (χ1) is 5.77. The second-order valence-corrected chi connectivity index (χ2v) is 2.52. The Morgan fingerprint density at radius 2 is 2.33 bits per heavy atom. The fourth-order valence-corrected chi connectivity index (χ4v) is 0.900. The predicted molar refractivity (Wildman–Crippen MR) is 43.1 cm³/mol. The summed E-state index contributed by atoms with van der Waals surface area (Å²) in [5.74, 6) is 6.48. The molecule has 2 N–H and O–H groups in total. The lowest BCUT2D eigenvalue weighted by atomic mass is 10.3. The second-order valence-electron chi connectivity index (χ2n) is 2.52. The molecule has 68 valence electrons. The number of hydrogen-bond acceptors (Lipinski definition) is 4. The lowest BCUT2D eigenvalue weighted by Crippen LogP contribution is -2.03. The van der Waals surface area contributed by atoms with E-state index < -0.39 is 0 Å². The summed E-state index contributed by atoms with van der Waals surface area (Å²) in [7, 11) is 1.62. The Morgan fingerprint density at radius 3 is 2.92 bits per heavy atom. The van der Waals surface area contributed by atoms with Crippen LogP contribution in [0.5, 0.6) is 0 Å². The van der Waals surface area contributed by atoms with Crippen molar-refractivity contribution in [2.45, 2.75) is 19.6 Å². The summed E-state index contributed by atoms with van der Waals surface area (Å²) in [6.45, 7) is 2.28. The third kappa shape index (κ3) is 2.07. The minimum Gasteiger partial charge on any atom is -0.461 e. The van der Waals surface area contributed by atoms with Crippen molar-refractivity contribution in [3.05, 3.63) is 23.7 Å². The zero-order valence-electron chi connectivity index (χ0n) is 7.24. The zero-order valence-corrected chi connectivity index (χ0v) is 7.24. The van der Waals surface area contributed by atoms with Crippen LogP contribution in [0, 0.1) is 0 Å². The molecular weight excluding hydrogens is 158 g/mol. The fraction of sp³-hybridized carbons (Fsp3) is 0.500. The van der Waals surface area contributed by atoms with E-state index in [4.69, 9.17) is 15.1 Å². The molecule has 0 saturated heterocycles. The third-order valence-corrected chi connectivity index (χ3v) is 1.57. The monoisotopic (exact) mass is 171 g/mol. The Hall–Kier alpha value is -0.840. The SMILES string of the molecule is COCc1ccc(C(C)ON)o1. The van der Waals surface area contributed by atoms with E-state index >= 15 is 0 Å². The van der Waals surface area contributed by atoms with Gasteiger partial charge in [0.05, 0.1) is 0 Å². The molecule has 4 heteroatoms. The molecule has 0 aromatic carbocycles. The molecule has 0 aliphatic carbocycles. The van der Waals surface area contributed by atoms with Gasteiger partial charge in [0.15, 0.2) is 0 Å². The molecule has 12 heavy (non-hydrogen) atoms. The Kier molecular flexibility index (Phi) is 3.28. The molecule has 0 saturated carbocycles. The molecule has 0 fully saturated rings. The molecule has 0 bridgehead atoms. The molecule has 0 amide bonds. The van der Waals surface area contributed by atoms with Gasteiger partial charge in [-0.05, 0) is 19.1 Å². The highest BCUT2D eigenvalue weighted by Crippen LogP contribution is 2.18. The van der Waals surface area contributed by atoms with Gasteiger partial charge < -0.3 is 9.15 Å². The Balaban J connectivity index is 2.63. The molecule has 0 radical (unpaired) electrons. The topological polar surface area (TPSA) is 57.6 Å². The smallest absolute Gasteiger partial charge is 0.134 e. The van der Waals surface area contributed by atoms with Gasteiger partial charge in [0.25, 0.3) is 0 Å². The van der Waals surface area contributed by atoms with Gasteiger partial charge in [-0.3, -0.25) is 4.84 Å². The average Bonchev–Trinajstić information content (AvgIpc) is 2.52. The predicted octanol–water partition coefficient (Wildman–Crippen LogP) is 1.38. The number of nitrogens with two attached hydrogens (primary N) is 1. The van der Waals surface area contributed by atoms with Crippen LogP contribution in [-0.2, 0) is 16.2 Å². The average molecular weight is 171 g/mol. The van der Waals surface area contributed by atoms with E-state index in [2.05, 4.69) is 4.84 Å². The maximum Gasteiger partial charge on any atom is 0.134 e. The fourth-order valence-electron chi connectivity index (χ4n) is 0.900. The van der Waals surface area contributed by atoms with Crippen molar-refractivity contribution in [3.63, 3.8) is 0 Å². The lowest BCUT2D eigenvalue weighted by Gasteiger charge is -2.03. The van der Waals surface area contributed by atoms with Crippen LogP contribution in [0.2, 0.25) is 0 Å². The maximum atomic E-state index is 5.35. The summed E-state index contributed by atoms with van der Waals surface area (Å²) in [6.07, 6.45) is -0.212. The largest absolute Gasteiger partial charge is 0.461 e. The van der Waals surface area contributed by atoms with Crippen LogP contribution in [-0.4, -0.2) is 7.11 Å². The summed E-state index contributed by atoms with van der Waals surface area (Å²) in [6, 6.07) is 3.67. The van der Waals surface area contributed by atoms with Crippen molar-refractivity contribution < 1.29 is 14.0 Å². The van der Waals surface area contributed by atoms with Gasteiger partial charge in [-0.25, -0.2) is 5.90 Å². The van der Waals surface area contributed by atoms with Gasteiger partial charge in [-0.15, -0.1) is 0 Å². The molecule has 1 aromatic rings. The van der Waals surface area contributed by atoms with Crippen LogP contribution in [0.25, 0.3) is 0 Å². The summed E-state index contributed by atoms with van der Waals surface area (Å²) in [5.41, 5.74) is 0. The van der Waals surface area contributed by atoms with Crippen LogP contribution < -0.4 is 5.90 Å². The number of methoxy groups -OCH3 is 1. The van der Waals surface area contributed by atoms with Crippen LogP contribution in [0.4, 0.5) is 0 Å². The normalized spacial score (nSPS) is 13.2. The number of furan rings is 1. The molecular formula is C8H13NO3. The number of hydrogen-bond donors (Lipinski definition) is 1. The van der Waals surface area contributed by atoms with Gasteiger partial charge in [0.1, 0.15) is 24.2 Å².